The molecule has 0 aliphatic carbocycles. The third kappa shape index (κ3) is 5.29. The largest absolute Gasteiger partial charge is 0.330 e. The number of halogens is 2. The Hall–Kier alpha value is -2.88. The van der Waals surface area contributed by atoms with E-state index >= 15 is 0 Å². The number of rotatable bonds is 7. The van der Waals surface area contributed by atoms with E-state index in [9.17, 15) is 0 Å². The number of nitrogens with zero attached hydrogens (tertiary/aromatic N) is 6. The van der Waals surface area contributed by atoms with E-state index in [0.717, 1.165) is 34.7 Å². The number of anilines is 2. The minimum atomic E-state index is 0.448. The van der Waals surface area contributed by atoms with Crippen LogP contribution in [0.4, 0.5) is 11.4 Å². The predicted octanol–water partition coefficient (Wildman–Crippen LogP) is 4.82. The lowest BCUT2D eigenvalue weighted by atomic mass is 10.2. The van der Waals surface area contributed by atoms with Crippen molar-refractivity contribution < 1.29 is 0 Å². The smallest absolute Gasteiger partial charge is 0.175 e. The van der Waals surface area contributed by atoms with Gasteiger partial charge in [-0.15, -0.1) is 0 Å². The summed E-state index contributed by atoms with van der Waals surface area (Å²) < 4.78 is 5.60. The van der Waals surface area contributed by atoms with Crippen molar-refractivity contribution in [2.75, 3.05) is 10.6 Å². The highest BCUT2D eigenvalue weighted by molar-refractivity contribution is 7.80. The molecular formula is C21H22Cl2N8S. The first kappa shape index (κ1) is 22.3. The third-order valence-electron chi connectivity index (χ3n) is 4.97. The first-order valence-electron chi connectivity index (χ1n) is 9.99. The highest BCUT2D eigenvalue weighted by Gasteiger charge is 2.09. The second-order valence-electron chi connectivity index (χ2n) is 7.24. The maximum Gasteiger partial charge on any atom is 0.175 e. The van der Waals surface area contributed by atoms with Crippen molar-refractivity contribution in [3.63, 3.8) is 0 Å². The number of nitrogens with one attached hydrogen (secondary N) is 2. The van der Waals surface area contributed by atoms with Crippen LogP contribution in [0.15, 0.2) is 49.2 Å². The van der Waals surface area contributed by atoms with Gasteiger partial charge in [0.05, 0.1) is 43.1 Å². The van der Waals surface area contributed by atoms with Gasteiger partial charge in [0.2, 0.25) is 0 Å². The molecule has 0 bridgehead atoms. The molecule has 0 unspecified atom stereocenters. The summed E-state index contributed by atoms with van der Waals surface area (Å²) in [5.41, 5.74) is 4.77. The number of aromatic nitrogens is 6. The van der Waals surface area contributed by atoms with Gasteiger partial charge in [0.15, 0.2) is 5.11 Å². The van der Waals surface area contributed by atoms with E-state index in [2.05, 4.69) is 39.8 Å². The molecule has 3 aromatic heterocycles. The molecule has 0 aliphatic rings. The molecule has 0 saturated carbocycles. The van der Waals surface area contributed by atoms with Crippen LogP contribution in [-0.4, -0.2) is 34.5 Å². The highest BCUT2D eigenvalue weighted by atomic mass is 35.5. The van der Waals surface area contributed by atoms with Crippen molar-refractivity contribution in [3.05, 3.63) is 76.0 Å². The molecule has 0 aliphatic heterocycles. The lowest BCUT2D eigenvalue weighted by molar-refractivity contribution is 0.633. The fraction of sp³-hybridized carbons (Fsp3) is 0.238. The maximum absolute atomic E-state index is 6.25. The molecule has 0 saturated heterocycles. The van der Waals surface area contributed by atoms with Gasteiger partial charge >= 0.3 is 0 Å². The van der Waals surface area contributed by atoms with Gasteiger partial charge in [-0.25, -0.2) is 0 Å². The van der Waals surface area contributed by atoms with Crippen molar-refractivity contribution in [2.24, 2.45) is 0 Å². The minimum Gasteiger partial charge on any atom is -0.330 e. The van der Waals surface area contributed by atoms with Crippen molar-refractivity contribution in [3.8, 4) is 0 Å². The zero-order valence-electron chi connectivity index (χ0n) is 17.6. The number of hydrogen-bond donors (Lipinski definition) is 2. The molecule has 0 atom stereocenters. The molecular weight excluding hydrogens is 467 g/mol. The quantitative estimate of drug-likeness (QED) is 0.363. The highest BCUT2D eigenvalue weighted by Crippen LogP contribution is 2.22. The lowest BCUT2D eigenvalue weighted by Gasteiger charge is -2.07. The van der Waals surface area contributed by atoms with Crippen LogP contribution in [0.2, 0.25) is 10.0 Å². The second-order valence-corrected chi connectivity index (χ2v) is 8.49. The summed E-state index contributed by atoms with van der Waals surface area (Å²) in [7, 11) is 0. The monoisotopic (exact) mass is 488 g/mol. The second kappa shape index (κ2) is 9.72. The molecule has 4 aromatic rings. The van der Waals surface area contributed by atoms with Crippen LogP contribution in [0.5, 0.6) is 0 Å². The Morgan fingerprint density at radius 2 is 1.56 bits per heavy atom. The SMILES string of the molecule is CCn1ncc(Cn2cc(NC(=S)Nc3cnn(Cc4ccc(Cl)cc4Cl)c3)cn2)c1C. The molecule has 166 valence electrons. The van der Waals surface area contributed by atoms with Crippen molar-refractivity contribution in [2.45, 2.75) is 33.5 Å². The van der Waals surface area contributed by atoms with Crippen LogP contribution < -0.4 is 10.6 Å². The van der Waals surface area contributed by atoms with Gasteiger partial charge in [0.1, 0.15) is 0 Å². The number of hydrogen-bond acceptors (Lipinski definition) is 4. The minimum absolute atomic E-state index is 0.448. The summed E-state index contributed by atoms with van der Waals surface area (Å²) in [6.45, 7) is 6.16. The van der Waals surface area contributed by atoms with Crippen molar-refractivity contribution in [1.29, 1.82) is 0 Å². The molecule has 0 radical (unpaired) electrons. The Balaban J connectivity index is 1.33. The Bertz CT molecular complexity index is 1240. The van der Waals surface area contributed by atoms with Crippen LogP contribution in [0.1, 0.15) is 23.7 Å². The summed E-state index contributed by atoms with van der Waals surface area (Å²) in [5.74, 6) is 0. The van der Waals surface area contributed by atoms with Gasteiger partial charge in [-0.3, -0.25) is 14.0 Å². The Morgan fingerprint density at radius 1 is 0.938 bits per heavy atom. The summed E-state index contributed by atoms with van der Waals surface area (Å²) in [5, 5.41) is 21.1. The van der Waals surface area contributed by atoms with Crippen molar-refractivity contribution >= 4 is 51.9 Å². The number of thiocarbonyl (C=S) groups is 1. The third-order valence-corrected chi connectivity index (χ3v) is 5.76. The van der Waals surface area contributed by atoms with Crippen LogP contribution in [-0.2, 0) is 19.6 Å². The van der Waals surface area contributed by atoms with Crippen LogP contribution in [0, 0.1) is 6.92 Å². The predicted molar refractivity (Wildman–Crippen MR) is 132 cm³/mol. The zero-order chi connectivity index (χ0) is 22.7. The van der Waals surface area contributed by atoms with E-state index < -0.39 is 0 Å². The van der Waals surface area contributed by atoms with Crippen molar-refractivity contribution in [1.82, 2.24) is 29.3 Å². The van der Waals surface area contributed by atoms with Gasteiger partial charge in [-0.05, 0) is 43.8 Å². The molecule has 32 heavy (non-hydrogen) atoms. The summed E-state index contributed by atoms with van der Waals surface area (Å²) in [4.78, 5) is 0. The van der Waals surface area contributed by atoms with E-state index in [-0.39, 0.29) is 0 Å². The molecule has 11 heteroatoms. The lowest BCUT2D eigenvalue weighted by Crippen LogP contribution is -2.18. The molecule has 1 aromatic carbocycles. The topological polar surface area (TPSA) is 77.5 Å². The van der Waals surface area contributed by atoms with Crippen LogP contribution >= 0.6 is 35.4 Å². The van der Waals surface area contributed by atoms with Crippen LogP contribution in [0.3, 0.4) is 0 Å². The van der Waals surface area contributed by atoms with Gasteiger partial charge in [-0.2, -0.15) is 15.3 Å². The van der Waals surface area contributed by atoms with Gasteiger partial charge in [0.25, 0.3) is 0 Å². The van der Waals surface area contributed by atoms with Gasteiger partial charge < -0.3 is 10.6 Å². The average molecular weight is 489 g/mol. The zero-order valence-corrected chi connectivity index (χ0v) is 19.9. The first-order valence-corrected chi connectivity index (χ1v) is 11.2. The number of aryl methyl sites for hydroxylation is 1. The standard InChI is InChI=1S/C21H22Cl2N8S/c1-3-31-14(2)16(7-26-31)11-30-13-19(9-25-30)28-21(32)27-18-8-24-29(12-18)10-15-4-5-17(22)6-20(15)23/h4-9,12-13H,3,10-11H2,1-2H3,(H2,27,28,32). The Kier molecular flexibility index (Phi) is 6.78. The summed E-state index contributed by atoms with van der Waals surface area (Å²) in [6, 6.07) is 5.41. The summed E-state index contributed by atoms with van der Waals surface area (Å²) >= 11 is 17.6. The fourth-order valence-corrected chi connectivity index (χ4v) is 3.98. The average Bonchev–Trinajstić information content (AvgIpc) is 3.46. The first-order chi connectivity index (χ1) is 15.4. The Morgan fingerprint density at radius 3 is 2.12 bits per heavy atom. The molecule has 0 spiro atoms. The van der Waals surface area contributed by atoms with Gasteiger partial charge in [0, 0.05) is 40.2 Å². The molecule has 4 rings (SSSR count). The Labute approximate surface area is 201 Å². The van der Waals surface area contributed by atoms with Crippen LogP contribution in [0.25, 0.3) is 0 Å². The molecule has 0 amide bonds. The van der Waals surface area contributed by atoms with E-state index in [0.29, 0.717) is 28.2 Å². The van der Waals surface area contributed by atoms with E-state index in [4.69, 9.17) is 35.4 Å². The molecule has 8 nitrogen and oxygen atoms in total. The molecule has 3 heterocycles. The fourth-order valence-electron chi connectivity index (χ4n) is 3.28. The van der Waals surface area contributed by atoms with E-state index in [1.165, 1.54) is 0 Å². The maximum atomic E-state index is 6.25. The van der Waals surface area contributed by atoms with E-state index in [1.54, 1.807) is 23.1 Å². The van der Waals surface area contributed by atoms with E-state index in [1.807, 2.05) is 40.1 Å². The van der Waals surface area contributed by atoms with Gasteiger partial charge in [-0.1, -0.05) is 29.3 Å². The normalized spacial score (nSPS) is 11.0. The molecule has 2 N–H and O–H groups in total. The summed E-state index contributed by atoms with van der Waals surface area (Å²) in [6.07, 6.45) is 9.09. The number of benzene rings is 1. The molecule has 0 fully saturated rings.